The van der Waals surface area contributed by atoms with E-state index >= 15 is 0 Å². The summed E-state index contributed by atoms with van der Waals surface area (Å²) in [5.41, 5.74) is 0.686. The van der Waals surface area contributed by atoms with Crippen molar-refractivity contribution >= 4 is 33.6 Å². The van der Waals surface area contributed by atoms with Gasteiger partial charge >= 0.3 is 12.0 Å². The Balaban J connectivity index is 1.93. The molecule has 1 atom stereocenters. The molecule has 108 valence electrons. The predicted molar refractivity (Wildman–Crippen MR) is 76.7 cm³/mol. The Kier molecular flexibility index (Phi) is 4.97. The number of carbonyl (C=O) groups excluding carboxylic acids is 1. The van der Waals surface area contributed by atoms with Crippen LogP contribution in [0.4, 0.5) is 10.5 Å². The molecule has 2 rings (SSSR count). The van der Waals surface area contributed by atoms with Gasteiger partial charge in [0.2, 0.25) is 0 Å². The number of carboxylic acid groups (broad SMARTS) is 1. The van der Waals surface area contributed by atoms with Crippen LogP contribution < -0.4 is 5.32 Å². The third-order valence-corrected chi connectivity index (χ3v) is 3.40. The molecule has 20 heavy (non-hydrogen) atoms. The van der Waals surface area contributed by atoms with Crippen molar-refractivity contribution in [2.24, 2.45) is 0 Å². The number of hydrogen-bond donors (Lipinski definition) is 2. The van der Waals surface area contributed by atoms with Crippen LogP contribution >= 0.6 is 15.9 Å². The van der Waals surface area contributed by atoms with Crippen LogP contribution in [0.25, 0.3) is 0 Å². The van der Waals surface area contributed by atoms with Crippen LogP contribution in [0, 0.1) is 0 Å². The molecule has 0 bridgehead atoms. The van der Waals surface area contributed by atoms with E-state index in [1.807, 2.05) is 12.1 Å². The van der Waals surface area contributed by atoms with Crippen molar-refractivity contribution in [2.45, 2.75) is 12.5 Å². The minimum Gasteiger partial charge on any atom is -0.481 e. The van der Waals surface area contributed by atoms with Gasteiger partial charge < -0.3 is 20.1 Å². The molecule has 1 aliphatic rings. The van der Waals surface area contributed by atoms with Gasteiger partial charge in [-0.25, -0.2) is 4.79 Å². The van der Waals surface area contributed by atoms with E-state index in [0.717, 1.165) is 4.47 Å². The Bertz CT molecular complexity index is 509. The summed E-state index contributed by atoms with van der Waals surface area (Å²) >= 11 is 3.33. The molecule has 7 heteroatoms. The number of benzene rings is 1. The molecule has 2 N–H and O–H groups in total. The normalized spacial score (nSPS) is 18.6. The number of amides is 2. The fraction of sp³-hybridized carbons (Fsp3) is 0.385. The van der Waals surface area contributed by atoms with E-state index in [-0.39, 0.29) is 19.0 Å². The molecule has 0 aromatic heterocycles. The molecular formula is C13H15BrN2O4. The number of nitrogens with zero attached hydrogens (tertiary/aromatic N) is 1. The predicted octanol–water partition coefficient (Wildman–Crippen LogP) is 2.16. The van der Waals surface area contributed by atoms with Crippen molar-refractivity contribution in [3.05, 3.63) is 28.7 Å². The van der Waals surface area contributed by atoms with E-state index in [9.17, 15) is 9.59 Å². The number of nitrogens with one attached hydrogen (secondary N) is 1. The first-order valence-corrected chi connectivity index (χ1v) is 6.99. The zero-order valence-electron chi connectivity index (χ0n) is 10.7. The van der Waals surface area contributed by atoms with E-state index in [1.165, 1.54) is 0 Å². The van der Waals surface area contributed by atoms with Crippen molar-refractivity contribution in [1.29, 1.82) is 0 Å². The number of halogens is 1. The summed E-state index contributed by atoms with van der Waals surface area (Å²) in [6.07, 6.45) is -0.546. The third kappa shape index (κ3) is 4.21. The first kappa shape index (κ1) is 14.8. The van der Waals surface area contributed by atoms with Crippen molar-refractivity contribution in [2.75, 3.05) is 25.0 Å². The summed E-state index contributed by atoms with van der Waals surface area (Å²) in [4.78, 5) is 24.3. The van der Waals surface area contributed by atoms with Gasteiger partial charge in [0.05, 0.1) is 19.1 Å². The van der Waals surface area contributed by atoms with E-state index in [0.29, 0.717) is 18.8 Å². The Morgan fingerprint density at radius 1 is 1.50 bits per heavy atom. The summed E-state index contributed by atoms with van der Waals surface area (Å²) in [6.45, 7) is 1.09. The maximum absolute atomic E-state index is 12.1. The number of anilines is 1. The summed E-state index contributed by atoms with van der Waals surface area (Å²) < 4.78 is 6.20. The highest BCUT2D eigenvalue weighted by molar-refractivity contribution is 9.10. The summed E-state index contributed by atoms with van der Waals surface area (Å²) in [6, 6.07) is 7.03. The largest absolute Gasteiger partial charge is 0.481 e. The van der Waals surface area contributed by atoms with E-state index in [4.69, 9.17) is 9.84 Å². The molecule has 1 aromatic carbocycles. The van der Waals surface area contributed by atoms with Gasteiger partial charge in [-0.05, 0) is 18.2 Å². The molecular weight excluding hydrogens is 328 g/mol. The van der Waals surface area contributed by atoms with Gasteiger partial charge in [0.15, 0.2) is 0 Å². The van der Waals surface area contributed by atoms with Crippen LogP contribution in [0.1, 0.15) is 6.42 Å². The van der Waals surface area contributed by atoms with Crippen molar-refractivity contribution < 1.29 is 19.4 Å². The van der Waals surface area contributed by atoms with Gasteiger partial charge in [0.25, 0.3) is 0 Å². The van der Waals surface area contributed by atoms with Crippen LogP contribution in [0.2, 0.25) is 0 Å². The van der Waals surface area contributed by atoms with Crippen molar-refractivity contribution in [3.8, 4) is 0 Å². The average molecular weight is 343 g/mol. The Labute approximate surface area is 124 Å². The lowest BCUT2D eigenvalue weighted by Gasteiger charge is -2.32. The summed E-state index contributed by atoms with van der Waals surface area (Å²) in [5, 5.41) is 11.5. The zero-order valence-corrected chi connectivity index (χ0v) is 12.3. The van der Waals surface area contributed by atoms with E-state index in [2.05, 4.69) is 21.2 Å². The standard InChI is InChI=1S/C13H15BrN2O4/c14-9-2-1-3-10(6-9)15-13(19)16-4-5-20-11(8-16)7-12(17)18/h1-3,6,11H,4-5,7-8H2,(H,15,19)(H,17,18). The number of hydrogen-bond acceptors (Lipinski definition) is 3. The van der Waals surface area contributed by atoms with Crippen LogP contribution in [-0.2, 0) is 9.53 Å². The quantitative estimate of drug-likeness (QED) is 0.882. The molecule has 6 nitrogen and oxygen atoms in total. The molecule has 0 aliphatic carbocycles. The van der Waals surface area contributed by atoms with E-state index < -0.39 is 12.1 Å². The maximum Gasteiger partial charge on any atom is 0.322 e. The minimum absolute atomic E-state index is 0.0966. The molecule has 0 radical (unpaired) electrons. The van der Waals surface area contributed by atoms with Gasteiger partial charge in [-0.2, -0.15) is 0 Å². The molecule has 1 saturated heterocycles. The van der Waals surface area contributed by atoms with Gasteiger partial charge in [-0.15, -0.1) is 0 Å². The number of carbonyl (C=O) groups is 2. The number of morpholine rings is 1. The number of aliphatic carboxylic acids is 1. The lowest BCUT2D eigenvalue weighted by Crippen LogP contribution is -2.47. The van der Waals surface area contributed by atoms with Crippen LogP contribution in [0.15, 0.2) is 28.7 Å². The minimum atomic E-state index is -0.927. The second-order valence-electron chi connectivity index (χ2n) is 4.48. The number of ether oxygens (including phenoxy) is 1. The van der Waals surface area contributed by atoms with E-state index in [1.54, 1.807) is 17.0 Å². The lowest BCUT2D eigenvalue weighted by molar-refractivity contribution is -0.141. The van der Waals surface area contributed by atoms with Crippen molar-refractivity contribution in [1.82, 2.24) is 4.90 Å². The highest BCUT2D eigenvalue weighted by Gasteiger charge is 2.25. The fourth-order valence-electron chi connectivity index (χ4n) is 1.99. The van der Waals surface area contributed by atoms with Gasteiger partial charge in [-0.3, -0.25) is 4.79 Å². The third-order valence-electron chi connectivity index (χ3n) is 2.90. The number of carboxylic acids is 1. The number of urea groups is 1. The highest BCUT2D eigenvalue weighted by atomic mass is 79.9. The lowest BCUT2D eigenvalue weighted by atomic mass is 10.2. The molecule has 1 fully saturated rings. The zero-order chi connectivity index (χ0) is 14.5. The summed E-state index contributed by atoms with van der Waals surface area (Å²) in [5.74, 6) is -0.927. The van der Waals surface area contributed by atoms with Gasteiger partial charge in [0, 0.05) is 23.2 Å². The fourth-order valence-corrected chi connectivity index (χ4v) is 2.39. The molecule has 2 amide bonds. The average Bonchev–Trinajstić information content (AvgIpc) is 2.38. The second kappa shape index (κ2) is 6.71. The Hall–Kier alpha value is -1.60. The van der Waals surface area contributed by atoms with Crippen molar-refractivity contribution in [3.63, 3.8) is 0 Å². The molecule has 1 aromatic rings. The second-order valence-corrected chi connectivity index (χ2v) is 5.39. The SMILES string of the molecule is O=C(O)CC1CN(C(=O)Nc2cccc(Br)c2)CCO1. The van der Waals surface area contributed by atoms with Crippen LogP contribution in [0.3, 0.4) is 0 Å². The van der Waals surface area contributed by atoms with Crippen LogP contribution in [0.5, 0.6) is 0 Å². The maximum atomic E-state index is 12.1. The smallest absolute Gasteiger partial charge is 0.322 e. The molecule has 0 saturated carbocycles. The first-order chi connectivity index (χ1) is 9.54. The Morgan fingerprint density at radius 3 is 3.00 bits per heavy atom. The van der Waals surface area contributed by atoms with Gasteiger partial charge in [-0.1, -0.05) is 22.0 Å². The molecule has 1 unspecified atom stereocenters. The molecule has 1 heterocycles. The first-order valence-electron chi connectivity index (χ1n) is 6.19. The molecule has 0 spiro atoms. The number of rotatable bonds is 3. The monoisotopic (exact) mass is 342 g/mol. The molecule has 1 aliphatic heterocycles. The topological polar surface area (TPSA) is 78.9 Å². The van der Waals surface area contributed by atoms with Crippen LogP contribution in [-0.4, -0.2) is 47.8 Å². The van der Waals surface area contributed by atoms with Gasteiger partial charge in [0.1, 0.15) is 0 Å². The summed E-state index contributed by atoms with van der Waals surface area (Å²) in [7, 11) is 0. The Morgan fingerprint density at radius 2 is 2.30 bits per heavy atom. The highest BCUT2D eigenvalue weighted by Crippen LogP contribution is 2.17.